The summed E-state index contributed by atoms with van der Waals surface area (Å²) >= 11 is 0. The summed E-state index contributed by atoms with van der Waals surface area (Å²) < 4.78 is 5.91. The van der Waals surface area contributed by atoms with Crippen LogP contribution in [0.15, 0.2) is 0 Å². The molecule has 1 aliphatic carbocycles. The maximum absolute atomic E-state index is 9.43. The predicted molar refractivity (Wildman–Crippen MR) is 86.2 cm³/mol. The Hall–Kier alpha value is -0.160. The van der Waals surface area contributed by atoms with Crippen molar-refractivity contribution in [2.45, 2.75) is 70.6 Å². The highest BCUT2D eigenvalue weighted by atomic mass is 16.5. The lowest BCUT2D eigenvalue weighted by Crippen LogP contribution is -2.56. The smallest absolute Gasteiger partial charge is 0.0940 e. The standard InChI is InChI=1S/C17H34N2O2/c1-4-5-13-6-7-16(18)14(8-13)9-19-10-15(11-20)21-17(2,3)12-19/h13-16,20H,4-12,18H2,1-3H3. The van der Waals surface area contributed by atoms with Crippen LogP contribution in [-0.2, 0) is 4.74 Å². The maximum atomic E-state index is 9.43. The Morgan fingerprint density at radius 1 is 1.33 bits per heavy atom. The van der Waals surface area contributed by atoms with Crippen LogP contribution < -0.4 is 5.73 Å². The van der Waals surface area contributed by atoms with E-state index >= 15 is 0 Å². The van der Waals surface area contributed by atoms with Crippen LogP contribution in [0.5, 0.6) is 0 Å². The number of aliphatic hydroxyl groups is 1. The first-order valence-corrected chi connectivity index (χ1v) is 8.70. The van der Waals surface area contributed by atoms with Gasteiger partial charge in [-0.15, -0.1) is 0 Å². The van der Waals surface area contributed by atoms with Gasteiger partial charge in [0.2, 0.25) is 0 Å². The summed E-state index contributed by atoms with van der Waals surface area (Å²) in [4.78, 5) is 2.46. The van der Waals surface area contributed by atoms with E-state index in [9.17, 15) is 5.11 Å². The first-order chi connectivity index (χ1) is 9.93. The number of morpholine rings is 1. The third kappa shape index (κ3) is 4.92. The summed E-state index contributed by atoms with van der Waals surface area (Å²) in [5.41, 5.74) is 6.21. The lowest BCUT2D eigenvalue weighted by molar-refractivity contribution is -0.151. The molecule has 3 N–H and O–H groups in total. The molecule has 124 valence electrons. The molecular weight excluding hydrogens is 264 g/mol. The second-order valence-electron chi connectivity index (χ2n) is 7.77. The molecule has 1 heterocycles. The Morgan fingerprint density at radius 2 is 2.10 bits per heavy atom. The highest BCUT2D eigenvalue weighted by molar-refractivity contribution is 4.89. The van der Waals surface area contributed by atoms with Crippen molar-refractivity contribution in [1.29, 1.82) is 0 Å². The Kier molecular flexibility index (Phi) is 6.06. The van der Waals surface area contributed by atoms with Crippen molar-refractivity contribution < 1.29 is 9.84 Å². The lowest BCUT2D eigenvalue weighted by atomic mass is 9.76. The molecule has 0 aromatic carbocycles. The van der Waals surface area contributed by atoms with Crippen molar-refractivity contribution in [2.75, 3.05) is 26.2 Å². The van der Waals surface area contributed by atoms with Crippen molar-refractivity contribution in [3.8, 4) is 0 Å². The van der Waals surface area contributed by atoms with Crippen LogP contribution in [0.4, 0.5) is 0 Å². The number of rotatable bonds is 5. The fourth-order valence-electron chi connectivity index (χ4n) is 4.25. The molecule has 0 amide bonds. The molecule has 0 bridgehead atoms. The van der Waals surface area contributed by atoms with Gasteiger partial charge in [0.05, 0.1) is 18.3 Å². The van der Waals surface area contributed by atoms with Gasteiger partial charge in [0.15, 0.2) is 0 Å². The molecule has 2 fully saturated rings. The molecule has 4 unspecified atom stereocenters. The number of aliphatic hydroxyl groups excluding tert-OH is 1. The zero-order chi connectivity index (χ0) is 15.5. The van der Waals surface area contributed by atoms with Gasteiger partial charge in [0, 0.05) is 25.7 Å². The summed E-state index contributed by atoms with van der Waals surface area (Å²) in [6, 6.07) is 0.344. The molecule has 1 saturated heterocycles. The molecule has 0 radical (unpaired) electrons. The summed E-state index contributed by atoms with van der Waals surface area (Å²) in [6.45, 7) is 9.44. The molecule has 1 aliphatic heterocycles. The zero-order valence-electron chi connectivity index (χ0n) is 14.1. The van der Waals surface area contributed by atoms with Crippen molar-refractivity contribution >= 4 is 0 Å². The topological polar surface area (TPSA) is 58.7 Å². The summed E-state index contributed by atoms with van der Waals surface area (Å²) in [6.07, 6.45) is 6.32. The van der Waals surface area contributed by atoms with Gasteiger partial charge in [-0.3, -0.25) is 4.90 Å². The van der Waals surface area contributed by atoms with Crippen LogP contribution >= 0.6 is 0 Å². The average molecular weight is 298 g/mol. The monoisotopic (exact) mass is 298 g/mol. The minimum Gasteiger partial charge on any atom is -0.394 e. The van der Waals surface area contributed by atoms with Gasteiger partial charge in [-0.25, -0.2) is 0 Å². The van der Waals surface area contributed by atoms with E-state index in [-0.39, 0.29) is 18.3 Å². The van der Waals surface area contributed by atoms with Crippen molar-refractivity contribution in [3.05, 3.63) is 0 Å². The zero-order valence-corrected chi connectivity index (χ0v) is 14.1. The highest BCUT2D eigenvalue weighted by Gasteiger charge is 2.36. The number of ether oxygens (including phenoxy) is 1. The van der Waals surface area contributed by atoms with Gasteiger partial charge in [0.25, 0.3) is 0 Å². The van der Waals surface area contributed by atoms with Gasteiger partial charge in [0.1, 0.15) is 0 Å². The van der Waals surface area contributed by atoms with Crippen molar-refractivity contribution in [3.63, 3.8) is 0 Å². The van der Waals surface area contributed by atoms with E-state index in [0.717, 1.165) is 25.6 Å². The van der Waals surface area contributed by atoms with Crippen molar-refractivity contribution in [2.24, 2.45) is 17.6 Å². The number of nitrogens with zero attached hydrogens (tertiary/aromatic N) is 1. The van der Waals surface area contributed by atoms with E-state index < -0.39 is 0 Å². The van der Waals surface area contributed by atoms with E-state index in [0.29, 0.717) is 12.0 Å². The van der Waals surface area contributed by atoms with Crippen LogP contribution in [-0.4, -0.2) is 54.0 Å². The first-order valence-electron chi connectivity index (χ1n) is 8.70. The number of hydrogen-bond acceptors (Lipinski definition) is 4. The Morgan fingerprint density at radius 3 is 2.76 bits per heavy atom. The Bertz CT molecular complexity index is 322. The highest BCUT2D eigenvalue weighted by Crippen LogP contribution is 2.33. The minimum atomic E-state index is -0.173. The van der Waals surface area contributed by atoms with Gasteiger partial charge < -0.3 is 15.6 Å². The number of hydrogen-bond donors (Lipinski definition) is 2. The third-order valence-corrected chi connectivity index (χ3v) is 5.10. The molecule has 2 aliphatic rings. The predicted octanol–water partition coefficient (Wildman–Crippen LogP) is 2.00. The Balaban J connectivity index is 1.92. The van der Waals surface area contributed by atoms with Crippen LogP contribution in [0.2, 0.25) is 0 Å². The minimum absolute atomic E-state index is 0.0556. The van der Waals surface area contributed by atoms with Crippen LogP contribution in [0.25, 0.3) is 0 Å². The second kappa shape index (κ2) is 7.40. The molecule has 0 spiro atoms. The SMILES string of the molecule is CCCC1CCC(N)C(CN2CC(CO)OC(C)(C)C2)C1. The molecule has 21 heavy (non-hydrogen) atoms. The molecule has 4 heteroatoms. The summed E-state index contributed by atoms with van der Waals surface area (Å²) in [7, 11) is 0. The van der Waals surface area contributed by atoms with E-state index in [2.05, 4.69) is 25.7 Å². The van der Waals surface area contributed by atoms with Crippen LogP contribution in [0, 0.1) is 11.8 Å². The molecule has 4 atom stereocenters. The van der Waals surface area contributed by atoms with E-state index in [1.807, 2.05) is 0 Å². The maximum Gasteiger partial charge on any atom is 0.0940 e. The largest absolute Gasteiger partial charge is 0.394 e. The quantitative estimate of drug-likeness (QED) is 0.815. The van der Waals surface area contributed by atoms with Gasteiger partial charge in [-0.1, -0.05) is 19.8 Å². The van der Waals surface area contributed by atoms with Crippen LogP contribution in [0.3, 0.4) is 0 Å². The molecule has 1 saturated carbocycles. The van der Waals surface area contributed by atoms with E-state index in [1.54, 1.807) is 0 Å². The molecule has 4 nitrogen and oxygen atoms in total. The van der Waals surface area contributed by atoms with Gasteiger partial charge in [-0.2, -0.15) is 0 Å². The number of nitrogens with two attached hydrogens (primary N) is 1. The van der Waals surface area contributed by atoms with E-state index in [4.69, 9.17) is 10.5 Å². The normalized spacial score (nSPS) is 37.6. The molecule has 0 aromatic heterocycles. The molecular formula is C17H34N2O2. The fraction of sp³-hybridized carbons (Fsp3) is 1.00. The first kappa shape index (κ1) is 17.2. The third-order valence-electron chi connectivity index (χ3n) is 5.10. The summed E-state index contributed by atoms with van der Waals surface area (Å²) in [5, 5.41) is 9.43. The van der Waals surface area contributed by atoms with Crippen LogP contribution in [0.1, 0.15) is 52.9 Å². The average Bonchev–Trinajstić information content (AvgIpc) is 2.41. The molecule has 2 rings (SSSR count). The second-order valence-corrected chi connectivity index (χ2v) is 7.77. The van der Waals surface area contributed by atoms with Gasteiger partial charge in [-0.05, 0) is 44.9 Å². The lowest BCUT2D eigenvalue weighted by Gasteiger charge is -2.45. The summed E-state index contributed by atoms with van der Waals surface area (Å²) in [5.74, 6) is 1.46. The fourth-order valence-corrected chi connectivity index (χ4v) is 4.25. The van der Waals surface area contributed by atoms with Crippen molar-refractivity contribution in [1.82, 2.24) is 4.90 Å². The Labute approximate surface area is 130 Å². The van der Waals surface area contributed by atoms with Gasteiger partial charge >= 0.3 is 0 Å². The molecule has 0 aromatic rings. The van der Waals surface area contributed by atoms with E-state index in [1.165, 1.54) is 32.1 Å².